The summed E-state index contributed by atoms with van der Waals surface area (Å²) in [6.07, 6.45) is 2.07. The first-order chi connectivity index (χ1) is 9.08. The van der Waals surface area contributed by atoms with Crippen molar-refractivity contribution in [1.29, 1.82) is 0 Å². The summed E-state index contributed by atoms with van der Waals surface area (Å²) in [6, 6.07) is 9.66. The quantitative estimate of drug-likeness (QED) is 0.914. The molecule has 1 fully saturated rings. The molecule has 1 aromatic heterocycles. The fraction of sp³-hybridized carbons (Fsp3) is 0.267. The van der Waals surface area contributed by atoms with Gasteiger partial charge >= 0.3 is 5.97 Å². The summed E-state index contributed by atoms with van der Waals surface area (Å²) in [6.45, 7) is 1.98. The van der Waals surface area contributed by atoms with E-state index in [1.807, 2.05) is 35.8 Å². The third kappa shape index (κ3) is 2.15. The minimum atomic E-state index is -0.888. The molecule has 98 valence electrons. The van der Waals surface area contributed by atoms with Crippen LogP contribution in [0.3, 0.4) is 0 Å². The number of rotatable bonds is 3. The van der Waals surface area contributed by atoms with Crippen molar-refractivity contribution in [3.05, 3.63) is 46.6 Å². The van der Waals surface area contributed by atoms with E-state index in [4.69, 9.17) is 11.6 Å². The van der Waals surface area contributed by atoms with E-state index in [9.17, 15) is 9.90 Å². The zero-order chi connectivity index (χ0) is 13.6. The first kappa shape index (κ1) is 12.3. The van der Waals surface area contributed by atoms with Crippen molar-refractivity contribution in [3.8, 4) is 11.3 Å². The average Bonchev–Trinajstić information content (AvgIpc) is 3.08. The summed E-state index contributed by atoms with van der Waals surface area (Å²) in [7, 11) is 0. The topological polar surface area (TPSA) is 42.2 Å². The predicted octanol–water partition coefficient (Wildman–Crippen LogP) is 4.15. The Hall–Kier alpha value is -1.74. The highest BCUT2D eigenvalue weighted by atomic mass is 35.5. The van der Waals surface area contributed by atoms with Gasteiger partial charge in [-0.3, -0.25) is 0 Å². The van der Waals surface area contributed by atoms with Crippen LogP contribution >= 0.6 is 11.6 Å². The number of carboxylic acids is 1. The second-order valence-corrected chi connectivity index (χ2v) is 5.40. The fourth-order valence-corrected chi connectivity index (χ4v) is 2.73. The van der Waals surface area contributed by atoms with Gasteiger partial charge in [0.25, 0.3) is 0 Å². The maximum atomic E-state index is 11.3. The van der Waals surface area contributed by atoms with Crippen molar-refractivity contribution in [2.24, 2.45) is 0 Å². The lowest BCUT2D eigenvalue weighted by Crippen LogP contribution is -2.08. The molecule has 1 aliphatic rings. The molecule has 2 aromatic rings. The Labute approximate surface area is 116 Å². The number of hydrogen-bond acceptors (Lipinski definition) is 1. The Morgan fingerprint density at radius 2 is 2.05 bits per heavy atom. The molecular formula is C15H14ClNO2. The van der Waals surface area contributed by atoms with E-state index >= 15 is 0 Å². The molecule has 1 aromatic carbocycles. The zero-order valence-electron chi connectivity index (χ0n) is 10.6. The molecule has 0 bridgehead atoms. The molecule has 3 rings (SSSR count). The second kappa shape index (κ2) is 4.42. The SMILES string of the molecule is Cc1ccc(-c2ccc(C(=O)O)n2C2CC2)c(Cl)c1. The monoisotopic (exact) mass is 275 g/mol. The summed E-state index contributed by atoms with van der Waals surface area (Å²) in [4.78, 5) is 11.3. The van der Waals surface area contributed by atoms with Crippen molar-refractivity contribution in [3.63, 3.8) is 0 Å². The minimum absolute atomic E-state index is 0.300. The van der Waals surface area contributed by atoms with Crippen LogP contribution in [0.5, 0.6) is 0 Å². The first-order valence-corrected chi connectivity index (χ1v) is 6.67. The molecule has 0 amide bonds. The van der Waals surface area contributed by atoms with Gasteiger partial charge in [0.2, 0.25) is 0 Å². The molecule has 1 saturated carbocycles. The number of carboxylic acid groups (broad SMARTS) is 1. The van der Waals surface area contributed by atoms with E-state index in [1.54, 1.807) is 6.07 Å². The lowest BCUT2D eigenvalue weighted by Gasteiger charge is -2.12. The molecule has 0 spiro atoms. The third-order valence-corrected chi connectivity index (χ3v) is 3.76. The number of nitrogens with zero attached hydrogens (tertiary/aromatic N) is 1. The van der Waals surface area contributed by atoms with Gasteiger partial charge in [-0.2, -0.15) is 0 Å². The van der Waals surface area contributed by atoms with E-state index in [0.717, 1.165) is 29.7 Å². The molecular weight excluding hydrogens is 262 g/mol. The summed E-state index contributed by atoms with van der Waals surface area (Å²) in [5, 5.41) is 9.93. The second-order valence-electron chi connectivity index (χ2n) is 4.99. The minimum Gasteiger partial charge on any atom is -0.477 e. The van der Waals surface area contributed by atoms with E-state index < -0.39 is 5.97 Å². The number of aromatic carboxylic acids is 1. The average molecular weight is 276 g/mol. The van der Waals surface area contributed by atoms with Crippen molar-refractivity contribution in [2.45, 2.75) is 25.8 Å². The van der Waals surface area contributed by atoms with Crippen LogP contribution in [-0.4, -0.2) is 15.6 Å². The van der Waals surface area contributed by atoms with Crippen LogP contribution in [0, 0.1) is 6.92 Å². The van der Waals surface area contributed by atoms with E-state index in [2.05, 4.69) is 0 Å². The van der Waals surface area contributed by atoms with Gasteiger partial charge in [0.1, 0.15) is 5.69 Å². The smallest absolute Gasteiger partial charge is 0.352 e. The van der Waals surface area contributed by atoms with Crippen LogP contribution in [-0.2, 0) is 0 Å². The molecule has 1 heterocycles. The highest BCUT2D eigenvalue weighted by Gasteiger charge is 2.30. The summed E-state index contributed by atoms with van der Waals surface area (Å²) in [5.41, 5.74) is 3.22. The molecule has 0 radical (unpaired) electrons. The van der Waals surface area contributed by atoms with E-state index in [0.29, 0.717) is 16.8 Å². The van der Waals surface area contributed by atoms with Gasteiger partial charge in [-0.25, -0.2) is 4.79 Å². The van der Waals surface area contributed by atoms with Crippen molar-refractivity contribution >= 4 is 17.6 Å². The Bertz CT molecular complexity index is 656. The predicted molar refractivity (Wildman–Crippen MR) is 74.8 cm³/mol. The number of aromatic nitrogens is 1. The molecule has 0 saturated heterocycles. The Balaban J connectivity index is 2.17. The van der Waals surface area contributed by atoms with Gasteiger partial charge in [0.05, 0.1) is 10.7 Å². The molecule has 0 aliphatic heterocycles. The molecule has 4 heteroatoms. The van der Waals surface area contributed by atoms with E-state index in [-0.39, 0.29) is 0 Å². The zero-order valence-corrected chi connectivity index (χ0v) is 11.3. The Kier molecular flexibility index (Phi) is 2.86. The van der Waals surface area contributed by atoms with Crippen molar-refractivity contribution < 1.29 is 9.90 Å². The van der Waals surface area contributed by atoms with Crippen LogP contribution in [0.15, 0.2) is 30.3 Å². The van der Waals surface area contributed by atoms with Crippen LogP contribution < -0.4 is 0 Å². The molecule has 3 nitrogen and oxygen atoms in total. The van der Waals surface area contributed by atoms with Gasteiger partial charge in [-0.1, -0.05) is 23.7 Å². The molecule has 1 N–H and O–H groups in total. The van der Waals surface area contributed by atoms with Crippen LogP contribution in [0.2, 0.25) is 5.02 Å². The number of hydrogen-bond donors (Lipinski definition) is 1. The fourth-order valence-electron chi connectivity index (χ4n) is 2.40. The molecule has 1 aliphatic carbocycles. The van der Waals surface area contributed by atoms with Gasteiger partial charge in [0, 0.05) is 11.6 Å². The van der Waals surface area contributed by atoms with Gasteiger partial charge < -0.3 is 9.67 Å². The Morgan fingerprint density at radius 3 is 2.63 bits per heavy atom. The van der Waals surface area contributed by atoms with Crippen LogP contribution in [0.25, 0.3) is 11.3 Å². The lowest BCUT2D eigenvalue weighted by molar-refractivity contribution is 0.0685. The van der Waals surface area contributed by atoms with Crippen molar-refractivity contribution in [2.75, 3.05) is 0 Å². The summed E-state index contributed by atoms with van der Waals surface area (Å²) >= 11 is 6.29. The highest BCUT2D eigenvalue weighted by molar-refractivity contribution is 6.33. The normalized spacial score (nSPS) is 14.6. The summed E-state index contributed by atoms with van der Waals surface area (Å²) in [5.74, 6) is -0.888. The highest BCUT2D eigenvalue weighted by Crippen LogP contribution is 2.41. The van der Waals surface area contributed by atoms with Gasteiger partial charge in [-0.15, -0.1) is 0 Å². The number of benzene rings is 1. The van der Waals surface area contributed by atoms with E-state index in [1.165, 1.54) is 0 Å². The van der Waals surface area contributed by atoms with Crippen LogP contribution in [0.4, 0.5) is 0 Å². The number of carbonyl (C=O) groups is 1. The largest absolute Gasteiger partial charge is 0.477 e. The van der Waals surface area contributed by atoms with Crippen molar-refractivity contribution in [1.82, 2.24) is 4.57 Å². The van der Waals surface area contributed by atoms with Crippen LogP contribution in [0.1, 0.15) is 34.9 Å². The molecule has 0 atom stereocenters. The Morgan fingerprint density at radius 1 is 1.32 bits per heavy atom. The summed E-state index contributed by atoms with van der Waals surface area (Å²) < 4.78 is 1.90. The first-order valence-electron chi connectivity index (χ1n) is 6.29. The molecule has 0 unspecified atom stereocenters. The third-order valence-electron chi connectivity index (χ3n) is 3.45. The lowest BCUT2D eigenvalue weighted by atomic mass is 10.1. The molecule has 19 heavy (non-hydrogen) atoms. The van der Waals surface area contributed by atoms with Gasteiger partial charge in [-0.05, 0) is 43.5 Å². The maximum absolute atomic E-state index is 11.3. The number of halogens is 1. The van der Waals surface area contributed by atoms with Gasteiger partial charge in [0.15, 0.2) is 0 Å². The maximum Gasteiger partial charge on any atom is 0.352 e. The number of aryl methyl sites for hydroxylation is 1. The standard InChI is InChI=1S/C15H14ClNO2/c1-9-2-5-11(12(16)8-9)13-6-7-14(15(18)19)17(13)10-3-4-10/h2,5-8,10H,3-4H2,1H3,(H,18,19).